The number of aryl methyl sites for hydroxylation is 1. The molecule has 0 spiro atoms. The second-order valence-electron chi connectivity index (χ2n) is 6.19. The number of hydrogen-bond donors (Lipinski definition) is 1. The predicted molar refractivity (Wildman–Crippen MR) is 104 cm³/mol. The Hall–Kier alpha value is -3.15. The maximum absolute atomic E-state index is 12.1. The fourth-order valence-corrected chi connectivity index (χ4v) is 2.70. The molecule has 0 saturated carbocycles. The largest absolute Gasteiger partial charge is 0.465 e. The number of ether oxygens (including phenoxy) is 1. The number of para-hydroxylation sites is 1. The molecule has 2 amide bonds. The van der Waals surface area contributed by atoms with Gasteiger partial charge in [-0.3, -0.25) is 9.59 Å². The molecule has 27 heavy (non-hydrogen) atoms. The number of nitrogens with zero attached hydrogens (tertiary/aromatic N) is 1. The maximum Gasteiger partial charge on any atom is 0.339 e. The monoisotopic (exact) mass is 368 g/mol. The van der Waals surface area contributed by atoms with E-state index < -0.39 is 5.97 Å². The van der Waals surface area contributed by atoms with Gasteiger partial charge in [-0.2, -0.15) is 0 Å². The summed E-state index contributed by atoms with van der Waals surface area (Å²) in [5, 5.41) is 2.81. The number of benzene rings is 2. The molecule has 0 atom stereocenters. The van der Waals surface area contributed by atoms with Crippen LogP contribution in [0.4, 0.5) is 5.69 Å². The minimum absolute atomic E-state index is 0.122. The summed E-state index contributed by atoms with van der Waals surface area (Å²) in [5.41, 5.74) is 2.84. The van der Waals surface area contributed by atoms with Crippen LogP contribution in [0.25, 0.3) is 0 Å². The van der Waals surface area contributed by atoms with Gasteiger partial charge in [0.15, 0.2) is 0 Å². The van der Waals surface area contributed by atoms with Crippen molar-refractivity contribution in [3.8, 4) is 0 Å². The van der Waals surface area contributed by atoms with E-state index in [0.29, 0.717) is 11.3 Å². The van der Waals surface area contributed by atoms with Gasteiger partial charge >= 0.3 is 5.97 Å². The third-order valence-electron chi connectivity index (χ3n) is 4.12. The number of hydrogen-bond acceptors (Lipinski definition) is 4. The summed E-state index contributed by atoms with van der Waals surface area (Å²) in [4.78, 5) is 37.6. The first-order valence-corrected chi connectivity index (χ1v) is 8.70. The highest BCUT2D eigenvalue weighted by Crippen LogP contribution is 2.21. The molecule has 0 saturated heterocycles. The number of anilines is 1. The van der Waals surface area contributed by atoms with Crippen LogP contribution in [0.2, 0.25) is 0 Å². The van der Waals surface area contributed by atoms with Crippen LogP contribution in [0.5, 0.6) is 0 Å². The van der Waals surface area contributed by atoms with E-state index in [0.717, 1.165) is 11.1 Å². The average Bonchev–Trinajstić information content (AvgIpc) is 2.66. The Morgan fingerprint density at radius 1 is 1.04 bits per heavy atom. The van der Waals surface area contributed by atoms with Crippen LogP contribution < -0.4 is 10.2 Å². The zero-order chi connectivity index (χ0) is 19.8. The van der Waals surface area contributed by atoms with Crippen molar-refractivity contribution in [1.82, 2.24) is 5.32 Å². The molecular formula is C21H24N2O4. The van der Waals surface area contributed by atoms with Crippen LogP contribution in [0.15, 0.2) is 48.5 Å². The molecule has 0 radical (unpaired) electrons. The number of amides is 2. The van der Waals surface area contributed by atoms with E-state index in [9.17, 15) is 14.4 Å². The Morgan fingerprint density at radius 3 is 2.33 bits per heavy atom. The van der Waals surface area contributed by atoms with Crippen LogP contribution in [-0.2, 0) is 20.7 Å². The lowest BCUT2D eigenvalue weighted by Gasteiger charge is -2.23. The Kier molecular flexibility index (Phi) is 7.11. The van der Waals surface area contributed by atoms with Crippen molar-refractivity contribution in [3.63, 3.8) is 0 Å². The number of carbonyl (C=O) groups is 3. The summed E-state index contributed by atoms with van der Waals surface area (Å²) in [5.74, 6) is -0.858. The van der Waals surface area contributed by atoms with Crippen molar-refractivity contribution in [2.24, 2.45) is 0 Å². The molecule has 0 fully saturated rings. The highest BCUT2D eigenvalue weighted by molar-refractivity contribution is 6.01. The first kappa shape index (κ1) is 20.2. The van der Waals surface area contributed by atoms with Gasteiger partial charge in [-0.15, -0.1) is 0 Å². The zero-order valence-electron chi connectivity index (χ0n) is 15.8. The number of nitrogens with one attached hydrogen (secondary N) is 1. The van der Waals surface area contributed by atoms with Gasteiger partial charge in [-0.05, 0) is 24.6 Å². The van der Waals surface area contributed by atoms with E-state index in [-0.39, 0.29) is 31.3 Å². The average molecular weight is 368 g/mol. The van der Waals surface area contributed by atoms with E-state index in [1.54, 1.807) is 24.3 Å². The van der Waals surface area contributed by atoms with Crippen LogP contribution in [-0.4, -0.2) is 38.0 Å². The van der Waals surface area contributed by atoms with Gasteiger partial charge in [0, 0.05) is 20.0 Å². The summed E-state index contributed by atoms with van der Waals surface area (Å²) in [7, 11) is 1.29. The summed E-state index contributed by atoms with van der Waals surface area (Å²) >= 11 is 0. The quantitative estimate of drug-likeness (QED) is 0.762. The van der Waals surface area contributed by atoms with Crippen molar-refractivity contribution in [3.05, 3.63) is 65.2 Å². The van der Waals surface area contributed by atoms with Gasteiger partial charge in [-0.1, -0.05) is 42.0 Å². The van der Waals surface area contributed by atoms with Crippen molar-refractivity contribution in [2.75, 3.05) is 25.1 Å². The highest BCUT2D eigenvalue weighted by Gasteiger charge is 2.19. The number of esters is 1. The molecule has 6 nitrogen and oxygen atoms in total. The molecule has 6 heteroatoms. The van der Waals surface area contributed by atoms with Gasteiger partial charge < -0.3 is 15.0 Å². The third kappa shape index (κ3) is 5.67. The van der Waals surface area contributed by atoms with Crippen molar-refractivity contribution in [2.45, 2.75) is 20.3 Å². The first-order chi connectivity index (χ1) is 12.9. The van der Waals surface area contributed by atoms with E-state index in [1.807, 2.05) is 31.2 Å². The molecule has 0 heterocycles. The minimum atomic E-state index is -0.514. The van der Waals surface area contributed by atoms with E-state index in [4.69, 9.17) is 4.74 Å². The van der Waals surface area contributed by atoms with Gasteiger partial charge in [-0.25, -0.2) is 4.79 Å². The molecule has 0 aliphatic rings. The van der Waals surface area contributed by atoms with Crippen LogP contribution >= 0.6 is 0 Å². The fourth-order valence-electron chi connectivity index (χ4n) is 2.70. The SMILES string of the molecule is COC(=O)c1ccccc1N(CCNC(=O)Cc1ccc(C)cc1)C(C)=O. The molecule has 0 aliphatic heterocycles. The smallest absolute Gasteiger partial charge is 0.339 e. The molecule has 0 unspecified atom stereocenters. The number of methoxy groups -OCH3 is 1. The summed E-state index contributed by atoms with van der Waals surface area (Å²) < 4.78 is 4.78. The van der Waals surface area contributed by atoms with Crippen LogP contribution in [0.1, 0.15) is 28.4 Å². The molecule has 0 aliphatic carbocycles. The highest BCUT2D eigenvalue weighted by atomic mass is 16.5. The standard InChI is InChI=1S/C21H24N2O4/c1-15-8-10-17(11-9-15)14-20(25)22-12-13-23(16(2)24)19-7-5-4-6-18(19)21(26)27-3/h4-11H,12-14H2,1-3H3,(H,22,25). The van der Waals surface area contributed by atoms with Crippen LogP contribution in [0, 0.1) is 6.92 Å². The Balaban J connectivity index is 1.99. The minimum Gasteiger partial charge on any atom is -0.465 e. The zero-order valence-corrected chi connectivity index (χ0v) is 15.8. The predicted octanol–water partition coefficient (Wildman–Crippen LogP) is 2.49. The lowest BCUT2D eigenvalue weighted by Crippen LogP contribution is -2.38. The first-order valence-electron chi connectivity index (χ1n) is 8.70. The van der Waals surface area contributed by atoms with E-state index in [1.165, 1.54) is 18.9 Å². The second-order valence-corrected chi connectivity index (χ2v) is 6.19. The van der Waals surface area contributed by atoms with Gasteiger partial charge in [0.05, 0.1) is 24.8 Å². The topological polar surface area (TPSA) is 75.7 Å². The second kappa shape index (κ2) is 9.52. The van der Waals surface area contributed by atoms with E-state index in [2.05, 4.69) is 5.32 Å². The molecule has 0 aromatic heterocycles. The van der Waals surface area contributed by atoms with Gasteiger partial charge in [0.2, 0.25) is 11.8 Å². The van der Waals surface area contributed by atoms with Gasteiger partial charge in [0.1, 0.15) is 0 Å². The summed E-state index contributed by atoms with van der Waals surface area (Å²) in [6.07, 6.45) is 0.277. The lowest BCUT2D eigenvalue weighted by atomic mass is 10.1. The number of carbonyl (C=O) groups excluding carboxylic acids is 3. The van der Waals surface area contributed by atoms with Gasteiger partial charge in [0.25, 0.3) is 0 Å². The summed E-state index contributed by atoms with van der Waals surface area (Å²) in [6.45, 7) is 3.94. The lowest BCUT2D eigenvalue weighted by molar-refractivity contribution is -0.121. The van der Waals surface area contributed by atoms with Crippen molar-refractivity contribution < 1.29 is 19.1 Å². The molecule has 0 bridgehead atoms. The normalized spacial score (nSPS) is 10.2. The fraction of sp³-hybridized carbons (Fsp3) is 0.286. The molecule has 1 N–H and O–H groups in total. The molecule has 2 rings (SSSR count). The molecule has 2 aromatic rings. The molecular weight excluding hydrogens is 344 g/mol. The Bertz CT molecular complexity index is 815. The van der Waals surface area contributed by atoms with Crippen LogP contribution in [0.3, 0.4) is 0 Å². The molecule has 142 valence electrons. The third-order valence-corrected chi connectivity index (χ3v) is 4.12. The Morgan fingerprint density at radius 2 is 1.70 bits per heavy atom. The van der Waals surface area contributed by atoms with Crippen molar-refractivity contribution in [1.29, 1.82) is 0 Å². The molecule has 2 aromatic carbocycles. The summed E-state index contributed by atoms with van der Waals surface area (Å²) in [6, 6.07) is 14.5. The Labute approximate surface area is 159 Å². The van der Waals surface area contributed by atoms with E-state index >= 15 is 0 Å². The maximum atomic E-state index is 12.1. The number of rotatable bonds is 7. The van der Waals surface area contributed by atoms with Crippen molar-refractivity contribution >= 4 is 23.5 Å².